The minimum atomic E-state index is -0.0302. The molecule has 1 aliphatic heterocycles. The molecule has 2 N–H and O–H groups in total. The Morgan fingerprint density at radius 2 is 1.89 bits per heavy atom. The van der Waals surface area contributed by atoms with E-state index in [1.165, 1.54) is 0 Å². The molecule has 2 aromatic rings. The number of aromatic amines is 2. The number of hydrogen-bond acceptors (Lipinski definition) is 4. The van der Waals surface area contributed by atoms with E-state index < -0.39 is 0 Å². The van der Waals surface area contributed by atoms with Crippen molar-refractivity contribution in [3.63, 3.8) is 0 Å². The van der Waals surface area contributed by atoms with E-state index in [2.05, 4.69) is 15.2 Å². The van der Waals surface area contributed by atoms with Gasteiger partial charge in [0.25, 0.3) is 11.5 Å². The van der Waals surface area contributed by atoms with Crippen LogP contribution in [0, 0.1) is 0 Å². The van der Waals surface area contributed by atoms with E-state index in [-0.39, 0.29) is 16.9 Å². The number of hydrogen-bond donors (Lipinski definition) is 2. The lowest BCUT2D eigenvalue weighted by atomic mass is 9.76. The molecule has 0 radical (unpaired) electrons. The Bertz CT molecular complexity index is 1020. The molecule has 0 atom stereocenters. The molecule has 0 unspecified atom stereocenters. The molecule has 4 aliphatic rings. The van der Waals surface area contributed by atoms with Gasteiger partial charge in [0.15, 0.2) is 5.69 Å². The molecular weight excluding hydrogens is 354 g/mol. The van der Waals surface area contributed by atoms with Crippen molar-refractivity contribution in [1.29, 1.82) is 0 Å². The Labute approximate surface area is 162 Å². The van der Waals surface area contributed by atoms with Crippen LogP contribution in [0.1, 0.15) is 83.3 Å². The van der Waals surface area contributed by atoms with Gasteiger partial charge in [-0.15, -0.1) is 0 Å². The van der Waals surface area contributed by atoms with Crippen molar-refractivity contribution in [2.24, 2.45) is 0 Å². The molecule has 3 aliphatic carbocycles. The van der Waals surface area contributed by atoms with E-state index in [0.717, 1.165) is 86.1 Å². The first-order valence-electron chi connectivity index (χ1n) is 10.6. The quantitative estimate of drug-likeness (QED) is 0.834. The number of fused-ring (bicyclic) bond motifs is 3. The maximum atomic E-state index is 13.0. The van der Waals surface area contributed by atoms with Crippen LogP contribution >= 0.6 is 0 Å². The molecule has 1 saturated carbocycles. The Balaban J connectivity index is 1.25. The lowest BCUT2D eigenvalue weighted by Gasteiger charge is -2.39. The summed E-state index contributed by atoms with van der Waals surface area (Å²) in [5.74, 6) is 1.39. The van der Waals surface area contributed by atoms with Crippen LogP contribution < -0.4 is 5.56 Å². The molecule has 6 rings (SSSR count). The molecule has 2 fully saturated rings. The fraction of sp³-hybridized carbons (Fsp3) is 0.619. The number of nitrogens with zero attached hydrogens (tertiary/aromatic N) is 3. The topological polar surface area (TPSA) is 94.7 Å². The number of aromatic nitrogens is 4. The first-order valence-corrected chi connectivity index (χ1v) is 10.6. The number of rotatable bonds is 2. The van der Waals surface area contributed by atoms with Crippen molar-refractivity contribution < 1.29 is 4.79 Å². The lowest BCUT2D eigenvalue weighted by molar-refractivity contribution is 0.0656. The maximum Gasteiger partial charge on any atom is 0.274 e. The standard InChI is InChI=1S/C21H25N5O2/c27-19-14-6-7-21(17(14)22-18(23-19)12-4-5-12)8-10-26(11-9-21)20(28)16-13-2-1-3-15(13)24-25-16/h12H,1-11H2,(H,24,25)(H,22,23,27). The van der Waals surface area contributed by atoms with Crippen molar-refractivity contribution in [2.45, 2.75) is 69.1 Å². The van der Waals surface area contributed by atoms with Gasteiger partial charge in [-0.3, -0.25) is 14.7 Å². The zero-order valence-electron chi connectivity index (χ0n) is 16.0. The second kappa shape index (κ2) is 5.78. The molecule has 3 heterocycles. The maximum absolute atomic E-state index is 13.0. The third-order valence-corrected chi connectivity index (χ3v) is 7.37. The van der Waals surface area contributed by atoms with Crippen molar-refractivity contribution in [1.82, 2.24) is 25.1 Å². The first-order chi connectivity index (χ1) is 13.6. The van der Waals surface area contributed by atoms with Crippen molar-refractivity contribution in [3.05, 3.63) is 44.4 Å². The van der Waals surface area contributed by atoms with Gasteiger partial charge in [-0.1, -0.05) is 0 Å². The van der Waals surface area contributed by atoms with Crippen LogP contribution in [0.3, 0.4) is 0 Å². The molecule has 7 nitrogen and oxygen atoms in total. The zero-order valence-corrected chi connectivity index (χ0v) is 16.0. The summed E-state index contributed by atoms with van der Waals surface area (Å²) in [6, 6.07) is 0. The zero-order chi connectivity index (χ0) is 18.9. The van der Waals surface area contributed by atoms with Gasteiger partial charge >= 0.3 is 0 Å². The fourth-order valence-electron chi connectivity index (χ4n) is 5.49. The Hall–Kier alpha value is -2.44. The van der Waals surface area contributed by atoms with Gasteiger partial charge in [0.05, 0.1) is 5.69 Å². The van der Waals surface area contributed by atoms with Crippen LogP contribution in [-0.2, 0) is 24.7 Å². The van der Waals surface area contributed by atoms with Gasteiger partial charge in [-0.05, 0) is 57.8 Å². The van der Waals surface area contributed by atoms with E-state index >= 15 is 0 Å². The summed E-state index contributed by atoms with van der Waals surface area (Å²) in [5.41, 5.74) is 4.84. The average molecular weight is 379 g/mol. The second-order valence-corrected chi connectivity index (χ2v) is 9.01. The van der Waals surface area contributed by atoms with E-state index in [4.69, 9.17) is 4.98 Å². The number of amides is 1. The van der Waals surface area contributed by atoms with Crippen LogP contribution in [0.2, 0.25) is 0 Å². The summed E-state index contributed by atoms with van der Waals surface area (Å²) in [6.45, 7) is 1.43. The van der Waals surface area contributed by atoms with Crippen LogP contribution in [0.15, 0.2) is 4.79 Å². The van der Waals surface area contributed by atoms with Gasteiger partial charge in [0.1, 0.15) is 5.82 Å². The largest absolute Gasteiger partial charge is 0.337 e. The summed E-state index contributed by atoms with van der Waals surface area (Å²) in [6.07, 6.45) is 8.88. The summed E-state index contributed by atoms with van der Waals surface area (Å²) in [4.78, 5) is 35.5. The van der Waals surface area contributed by atoms with E-state index in [1.807, 2.05) is 4.90 Å². The second-order valence-electron chi connectivity index (χ2n) is 9.01. The Morgan fingerprint density at radius 1 is 1.07 bits per heavy atom. The van der Waals surface area contributed by atoms with Crippen LogP contribution in [0.5, 0.6) is 0 Å². The smallest absolute Gasteiger partial charge is 0.274 e. The summed E-state index contributed by atoms with van der Waals surface area (Å²) in [7, 11) is 0. The SMILES string of the molecule is O=C(c1n[nH]c2c1CCC2)N1CCC2(CCc3c2nc(C2CC2)[nH]c3=O)CC1. The molecule has 28 heavy (non-hydrogen) atoms. The minimum Gasteiger partial charge on any atom is -0.337 e. The van der Waals surface area contributed by atoms with Crippen molar-refractivity contribution in [2.75, 3.05) is 13.1 Å². The number of H-pyrrole nitrogens is 2. The van der Waals surface area contributed by atoms with Gasteiger partial charge in [0.2, 0.25) is 0 Å². The van der Waals surface area contributed by atoms with Crippen molar-refractivity contribution >= 4 is 5.91 Å². The fourth-order valence-corrected chi connectivity index (χ4v) is 5.49. The monoisotopic (exact) mass is 379 g/mol. The van der Waals surface area contributed by atoms with Gasteiger partial charge in [-0.2, -0.15) is 5.10 Å². The third kappa shape index (κ3) is 2.34. The third-order valence-electron chi connectivity index (χ3n) is 7.37. The molecule has 1 saturated heterocycles. The molecule has 7 heteroatoms. The lowest BCUT2D eigenvalue weighted by Crippen LogP contribution is -2.45. The Morgan fingerprint density at radius 3 is 2.68 bits per heavy atom. The number of nitrogens with one attached hydrogen (secondary N) is 2. The van der Waals surface area contributed by atoms with Gasteiger partial charge in [0, 0.05) is 41.2 Å². The normalized spacial score (nSPS) is 22.5. The van der Waals surface area contributed by atoms with Gasteiger partial charge < -0.3 is 9.88 Å². The van der Waals surface area contributed by atoms with Gasteiger partial charge in [-0.25, -0.2) is 4.98 Å². The number of piperidine rings is 1. The van der Waals surface area contributed by atoms with Crippen LogP contribution in [-0.4, -0.2) is 44.1 Å². The van der Waals surface area contributed by atoms with Crippen molar-refractivity contribution in [3.8, 4) is 0 Å². The average Bonchev–Trinajstić information content (AvgIpc) is 3.16. The molecule has 1 spiro atoms. The number of aryl methyl sites for hydroxylation is 1. The minimum absolute atomic E-state index is 0.0302. The van der Waals surface area contributed by atoms with E-state index in [9.17, 15) is 9.59 Å². The highest BCUT2D eigenvalue weighted by Gasteiger charge is 2.45. The molecule has 146 valence electrons. The first kappa shape index (κ1) is 16.5. The number of likely N-dealkylation sites (tertiary alicyclic amines) is 1. The predicted octanol–water partition coefficient (Wildman–Crippen LogP) is 1.98. The highest BCUT2D eigenvalue weighted by Crippen LogP contribution is 2.46. The summed E-state index contributed by atoms with van der Waals surface area (Å²) in [5, 5.41) is 7.36. The summed E-state index contributed by atoms with van der Waals surface area (Å²) < 4.78 is 0. The van der Waals surface area contributed by atoms with Crippen LogP contribution in [0.4, 0.5) is 0 Å². The van der Waals surface area contributed by atoms with Crippen LogP contribution in [0.25, 0.3) is 0 Å². The molecule has 2 aromatic heterocycles. The number of carbonyl (C=O) groups excluding carboxylic acids is 1. The molecule has 0 aromatic carbocycles. The molecule has 0 bridgehead atoms. The van der Waals surface area contributed by atoms with E-state index in [1.54, 1.807) is 0 Å². The number of carbonyl (C=O) groups is 1. The molecular formula is C21H25N5O2. The highest BCUT2D eigenvalue weighted by atomic mass is 16.2. The highest BCUT2D eigenvalue weighted by molar-refractivity contribution is 5.94. The molecule has 1 amide bonds. The Kier molecular flexibility index (Phi) is 3.41. The predicted molar refractivity (Wildman–Crippen MR) is 103 cm³/mol. The summed E-state index contributed by atoms with van der Waals surface area (Å²) >= 11 is 0. The van der Waals surface area contributed by atoms with E-state index in [0.29, 0.717) is 24.7 Å².